The molecular weight excluding hydrogens is 316 g/mol. The van der Waals surface area contributed by atoms with Gasteiger partial charge in [-0.15, -0.1) is 0 Å². The van der Waals surface area contributed by atoms with E-state index in [-0.39, 0.29) is 0 Å². The highest BCUT2D eigenvalue weighted by molar-refractivity contribution is 5.52. The summed E-state index contributed by atoms with van der Waals surface area (Å²) >= 11 is 0. The number of hydrogen-bond acceptors (Lipinski definition) is 6. The largest absolute Gasteiger partial charge is 0.400 e. The number of hydrogen-bond donors (Lipinski definition) is 3. The van der Waals surface area contributed by atoms with E-state index in [2.05, 4.69) is 27.7 Å². The third kappa shape index (κ3) is 6.38. The molecule has 6 heteroatoms. The second kappa shape index (κ2) is 11.2. The second-order valence-electron chi connectivity index (χ2n) is 6.69. The van der Waals surface area contributed by atoms with Gasteiger partial charge in [0.15, 0.2) is 0 Å². The van der Waals surface area contributed by atoms with Crippen LogP contribution in [0, 0.1) is 0 Å². The Morgan fingerprint density at radius 3 is 2.96 bits per heavy atom. The van der Waals surface area contributed by atoms with Crippen molar-refractivity contribution in [2.45, 2.75) is 44.6 Å². The number of rotatable bonds is 9. The Labute approximate surface area is 151 Å². The zero-order valence-electron chi connectivity index (χ0n) is 15.3. The van der Waals surface area contributed by atoms with Crippen LogP contribution in [0.2, 0.25) is 0 Å². The summed E-state index contributed by atoms with van der Waals surface area (Å²) in [6.45, 7) is 4.76. The number of aryl methyl sites for hydroxylation is 2. The van der Waals surface area contributed by atoms with Gasteiger partial charge in [-0.3, -0.25) is 4.90 Å². The van der Waals surface area contributed by atoms with E-state index in [1.54, 1.807) is 0 Å². The first-order valence-electron chi connectivity index (χ1n) is 9.42. The van der Waals surface area contributed by atoms with Crippen molar-refractivity contribution >= 4 is 12.1 Å². The van der Waals surface area contributed by atoms with Gasteiger partial charge in [-0.2, -0.15) is 0 Å². The molecule has 0 radical (unpaired) electrons. The van der Waals surface area contributed by atoms with Crippen molar-refractivity contribution in [3.05, 3.63) is 23.4 Å². The molecule has 2 aliphatic heterocycles. The fourth-order valence-corrected chi connectivity index (χ4v) is 3.38. The van der Waals surface area contributed by atoms with Crippen molar-refractivity contribution in [1.29, 1.82) is 0 Å². The Kier molecular flexibility index (Phi) is 8.86. The molecule has 0 atom stereocenters. The van der Waals surface area contributed by atoms with Crippen molar-refractivity contribution in [2.75, 3.05) is 45.2 Å². The van der Waals surface area contributed by atoms with Crippen molar-refractivity contribution < 1.29 is 9.90 Å². The monoisotopic (exact) mass is 348 g/mol. The van der Waals surface area contributed by atoms with Crippen molar-refractivity contribution in [2.24, 2.45) is 0 Å². The normalized spacial score (nSPS) is 16.9. The second-order valence-corrected chi connectivity index (χ2v) is 6.69. The molecule has 25 heavy (non-hydrogen) atoms. The molecule has 0 saturated carbocycles. The molecule has 0 spiro atoms. The number of aldehydes is 1. The number of unbranched alkanes of at least 4 members (excludes halogenated alkanes) is 2. The van der Waals surface area contributed by atoms with Crippen LogP contribution in [-0.2, 0) is 17.6 Å². The number of carbonyl (C=O) groups excluding carboxylic acids is 1. The molecule has 0 unspecified atom stereocenters. The zero-order chi connectivity index (χ0) is 17.9. The lowest BCUT2D eigenvalue weighted by Crippen LogP contribution is -2.58. The number of nitrogens with one attached hydrogen (secondary N) is 2. The van der Waals surface area contributed by atoms with Gasteiger partial charge in [0.05, 0.1) is 6.54 Å². The van der Waals surface area contributed by atoms with Crippen LogP contribution in [0.25, 0.3) is 0 Å². The summed E-state index contributed by atoms with van der Waals surface area (Å²) in [6, 6.07) is 5.02. The highest BCUT2D eigenvalue weighted by Gasteiger charge is 2.24. The smallest absolute Gasteiger partial charge is 0.133 e. The average molecular weight is 348 g/mol. The van der Waals surface area contributed by atoms with Crippen LogP contribution in [0.15, 0.2) is 12.1 Å². The summed E-state index contributed by atoms with van der Waals surface area (Å²) in [7, 11) is 1.00. The molecule has 3 heterocycles. The molecule has 0 amide bonds. The van der Waals surface area contributed by atoms with Gasteiger partial charge < -0.3 is 20.5 Å². The Morgan fingerprint density at radius 1 is 1.32 bits per heavy atom. The summed E-state index contributed by atoms with van der Waals surface area (Å²) in [5.74, 6) is 1.11. The number of pyridine rings is 1. The van der Waals surface area contributed by atoms with Gasteiger partial charge in [-0.05, 0) is 50.3 Å². The van der Waals surface area contributed by atoms with E-state index in [0.29, 0.717) is 12.6 Å². The van der Waals surface area contributed by atoms with E-state index >= 15 is 0 Å². The Morgan fingerprint density at radius 2 is 2.16 bits per heavy atom. The number of carbonyl (C=O) groups is 1. The molecule has 1 aromatic heterocycles. The maximum atomic E-state index is 10.4. The molecule has 0 bridgehead atoms. The van der Waals surface area contributed by atoms with Gasteiger partial charge in [-0.1, -0.05) is 12.5 Å². The van der Waals surface area contributed by atoms with Crippen molar-refractivity contribution in [3.8, 4) is 0 Å². The zero-order valence-corrected chi connectivity index (χ0v) is 15.3. The van der Waals surface area contributed by atoms with Gasteiger partial charge in [-0.25, -0.2) is 4.98 Å². The quantitative estimate of drug-likeness (QED) is 0.460. The minimum Gasteiger partial charge on any atom is -0.400 e. The van der Waals surface area contributed by atoms with E-state index in [1.807, 2.05) is 0 Å². The first-order valence-corrected chi connectivity index (χ1v) is 9.42. The van der Waals surface area contributed by atoms with Crippen LogP contribution in [0.4, 0.5) is 5.82 Å². The van der Waals surface area contributed by atoms with Crippen LogP contribution >= 0.6 is 0 Å². The lowest BCUT2D eigenvalue weighted by molar-refractivity contribution is -0.109. The lowest BCUT2D eigenvalue weighted by Gasteiger charge is -2.38. The maximum absolute atomic E-state index is 10.4. The van der Waals surface area contributed by atoms with Crippen molar-refractivity contribution in [3.63, 3.8) is 0 Å². The highest BCUT2D eigenvalue weighted by Crippen LogP contribution is 2.20. The van der Waals surface area contributed by atoms with Crippen LogP contribution in [0.3, 0.4) is 0 Å². The molecule has 0 aromatic carbocycles. The number of aliphatic hydroxyl groups excluding tert-OH is 1. The summed E-state index contributed by atoms with van der Waals surface area (Å²) in [5.41, 5.74) is 2.59. The summed E-state index contributed by atoms with van der Waals surface area (Å²) in [4.78, 5) is 17.3. The Balaban J connectivity index is 0.00000109. The third-order valence-corrected chi connectivity index (χ3v) is 4.78. The number of fused-ring (bicyclic) bond motifs is 1. The van der Waals surface area contributed by atoms with Gasteiger partial charge in [0.2, 0.25) is 0 Å². The molecule has 2 aliphatic rings. The van der Waals surface area contributed by atoms with E-state index < -0.39 is 0 Å². The first kappa shape index (κ1) is 19.8. The molecule has 1 fully saturated rings. The van der Waals surface area contributed by atoms with Gasteiger partial charge >= 0.3 is 0 Å². The molecule has 0 aliphatic carbocycles. The molecular formula is C19H32N4O2. The Hall–Kier alpha value is -1.50. The topological polar surface area (TPSA) is 77.5 Å². The average Bonchev–Trinajstić information content (AvgIpc) is 2.63. The number of likely N-dealkylation sites (tertiary alicyclic amines) is 1. The summed E-state index contributed by atoms with van der Waals surface area (Å²) in [6.07, 6.45) is 8.10. The van der Waals surface area contributed by atoms with E-state index in [1.165, 1.54) is 36.9 Å². The van der Waals surface area contributed by atoms with Crippen LogP contribution in [-0.4, -0.2) is 67.2 Å². The van der Waals surface area contributed by atoms with Gasteiger partial charge in [0, 0.05) is 38.5 Å². The predicted molar refractivity (Wildman–Crippen MR) is 101 cm³/mol. The lowest BCUT2D eigenvalue weighted by atomic mass is 10.1. The SMILES string of the molecule is CO.O=CCN1CC(NCCCCCc2ccc3c(n2)NCCC3)C1. The molecule has 3 N–H and O–H groups in total. The van der Waals surface area contributed by atoms with Crippen molar-refractivity contribution in [1.82, 2.24) is 15.2 Å². The molecule has 1 saturated heterocycles. The summed E-state index contributed by atoms with van der Waals surface area (Å²) < 4.78 is 0. The first-order chi connectivity index (χ1) is 12.3. The predicted octanol–water partition coefficient (Wildman–Crippen LogP) is 1.23. The van der Waals surface area contributed by atoms with Gasteiger partial charge in [0.1, 0.15) is 12.1 Å². The third-order valence-electron chi connectivity index (χ3n) is 4.78. The minimum atomic E-state index is 0.584. The molecule has 1 aromatic rings. The minimum absolute atomic E-state index is 0.584. The van der Waals surface area contributed by atoms with E-state index in [9.17, 15) is 4.79 Å². The van der Waals surface area contributed by atoms with E-state index in [0.717, 1.165) is 58.2 Å². The van der Waals surface area contributed by atoms with Crippen LogP contribution in [0.5, 0.6) is 0 Å². The standard InChI is InChI=1S/C18H28N4O.CH4O/c23-12-11-22-13-17(14-22)19-9-3-1-2-6-16-8-7-15-5-4-10-20-18(15)21-16;1-2/h7-8,12,17,19H,1-6,9-11,13-14H2,(H,20,21);2H,1H3. The van der Waals surface area contributed by atoms with Crippen LogP contribution < -0.4 is 10.6 Å². The fourth-order valence-electron chi connectivity index (χ4n) is 3.38. The number of aromatic nitrogens is 1. The maximum Gasteiger partial charge on any atom is 0.133 e. The van der Waals surface area contributed by atoms with Gasteiger partial charge in [0.25, 0.3) is 0 Å². The number of aliphatic hydroxyl groups is 1. The Bertz CT molecular complexity index is 518. The highest BCUT2D eigenvalue weighted by atomic mass is 16.2. The molecule has 6 nitrogen and oxygen atoms in total. The number of anilines is 1. The summed E-state index contributed by atoms with van der Waals surface area (Å²) in [5, 5.41) is 14.0. The van der Waals surface area contributed by atoms with E-state index in [4.69, 9.17) is 10.1 Å². The number of nitrogens with zero attached hydrogens (tertiary/aromatic N) is 2. The molecule has 140 valence electrons. The fraction of sp³-hybridized carbons (Fsp3) is 0.684. The van der Waals surface area contributed by atoms with Crippen LogP contribution in [0.1, 0.15) is 36.9 Å². The molecule has 3 rings (SSSR count).